The third-order valence-corrected chi connectivity index (χ3v) is 5.62. The highest BCUT2D eigenvalue weighted by molar-refractivity contribution is 5.74. The number of rotatable bonds is 0. The van der Waals surface area contributed by atoms with Crippen LogP contribution in [0, 0.1) is 11.8 Å². The second kappa shape index (κ2) is 3.28. The lowest BCUT2D eigenvalue weighted by atomic mass is 9.75. The Morgan fingerprint density at radius 2 is 1.33 bits per heavy atom. The summed E-state index contributed by atoms with van der Waals surface area (Å²) in [5.74, 6) is 0.716. The van der Waals surface area contributed by atoms with Gasteiger partial charge in [-0.15, -0.1) is 0 Å². The molecule has 0 radical (unpaired) electrons. The van der Waals surface area contributed by atoms with E-state index in [1.807, 2.05) is 0 Å². The molecule has 98 valence electrons. The standard InChI is InChI=1S/C14H18O4/c15-10-3-7-13(17-10)5-1-9-2-6-14(12(9)13)8-4-11(16)18-14/h9,12H,1-8H2. The average Bonchev–Trinajstić information content (AvgIpc) is 3.03. The summed E-state index contributed by atoms with van der Waals surface area (Å²) in [5.41, 5.74) is -0.605. The molecule has 0 amide bonds. The van der Waals surface area contributed by atoms with Crippen LogP contribution in [-0.4, -0.2) is 23.1 Å². The first kappa shape index (κ1) is 10.8. The van der Waals surface area contributed by atoms with Crippen molar-refractivity contribution in [3.05, 3.63) is 0 Å². The maximum atomic E-state index is 11.5. The largest absolute Gasteiger partial charge is 0.459 e. The molecule has 0 aromatic rings. The fourth-order valence-corrected chi connectivity index (χ4v) is 5.06. The lowest BCUT2D eigenvalue weighted by Crippen LogP contribution is -2.47. The normalized spacial score (nSPS) is 50.0. The van der Waals surface area contributed by atoms with Crippen molar-refractivity contribution in [3.8, 4) is 0 Å². The van der Waals surface area contributed by atoms with E-state index >= 15 is 0 Å². The summed E-state index contributed by atoms with van der Waals surface area (Å²) < 4.78 is 11.4. The van der Waals surface area contributed by atoms with Crippen LogP contribution < -0.4 is 0 Å². The van der Waals surface area contributed by atoms with Gasteiger partial charge in [0.15, 0.2) is 0 Å². The minimum atomic E-state index is -0.303. The maximum Gasteiger partial charge on any atom is 0.306 e. The summed E-state index contributed by atoms with van der Waals surface area (Å²) >= 11 is 0. The van der Waals surface area contributed by atoms with Crippen LogP contribution in [0.4, 0.5) is 0 Å². The van der Waals surface area contributed by atoms with E-state index < -0.39 is 0 Å². The van der Waals surface area contributed by atoms with E-state index in [2.05, 4.69) is 0 Å². The molecule has 0 bridgehead atoms. The molecule has 2 aliphatic carbocycles. The Kier molecular flexibility index (Phi) is 1.97. The van der Waals surface area contributed by atoms with Crippen LogP contribution in [0.25, 0.3) is 0 Å². The molecule has 2 aliphatic heterocycles. The third-order valence-electron chi connectivity index (χ3n) is 5.62. The van der Waals surface area contributed by atoms with E-state index in [0.717, 1.165) is 38.5 Å². The molecule has 4 aliphatic rings. The van der Waals surface area contributed by atoms with Crippen LogP contribution in [0.5, 0.6) is 0 Å². The smallest absolute Gasteiger partial charge is 0.306 e. The minimum Gasteiger partial charge on any atom is -0.459 e. The highest BCUT2D eigenvalue weighted by atomic mass is 16.6. The third kappa shape index (κ3) is 1.21. The van der Waals surface area contributed by atoms with Crippen LogP contribution in [0.1, 0.15) is 51.4 Å². The zero-order valence-corrected chi connectivity index (χ0v) is 10.4. The summed E-state index contributed by atoms with van der Waals surface area (Å²) in [6.45, 7) is 0. The Balaban J connectivity index is 1.72. The van der Waals surface area contributed by atoms with Gasteiger partial charge in [-0.2, -0.15) is 0 Å². The topological polar surface area (TPSA) is 52.6 Å². The highest BCUT2D eigenvalue weighted by Crippen LogP contribution is 2.62. The lowest BCUT2D eigenvalue weighted by molar-refractivity contribution is -0.169. The summed E-state index contributed by atoms with van der Waals surface area (Å²) in [4.78, 5) is 23.1. The molecule has 2 spiro atoms. The first-order valence-corrected chi connectivity index (χ1v) is 7.07. The van der Waals surface area contributed by atoms with E-state index in [0.29, 0.717) is 18.8 Å². The van der Waals surface area contributed by atoms with Crippen LogP contribution in [0.15, 0.2) is 0 Å². The molecular formula is C14H18O4. The second-order valence-electron chi connectivity index (χ2n) is 6.39. The molecule has 2 unspecified atom stereocenters. The summed E-state index contributed by atoms with van der Waals surface area (Å²) in [6, 6.07) is 0. The van der Waals surface area contributed by atoms with Gasteiger partial charge in [-0.1, -0.05) is 0 Å². The molecule has 2 atom stereocenters. The van der Waals surface area contributed by atoms with Crippen molar-refractivity contribution < 1.29 is 19.1 Å². The van der Waals surface area contributed by atoms with Crippen LogP contribution in [-0.2, 0) is 19.1 Å². The second-order valence-corrected chi connectivity index (χ2v) is 6.39. The fraction of sp³-hybridized carbons (Fsp3) is 0.857. The van der Waals surface area contributed by atoms with Gasteiger partial charge in [-0.3, -0.25) is 9.59 Å². The Hall–Kier alpha value is -1.06. The van der Waals surface area contributed by atoms with Gasteiger partial charge in [-0.05, 0) is 44.4 Å². The number of ether oxygens (including phenoxy) is 2. The SMILES string of the molecule is O=C1CCC2(CCC3CCC4(CCC(=O)O4)C32)O1. The molecule has 4 nitrogen and oxygen atoms in total. The number of esters is 2. The summed E-state index contributed by atoms with van der Waals surface area (Å²) in [7, 11) is 0. The van der Waals surface area contributed by atoms with Gasteiger partial charge in [0.1, 0.15) is 11.2 Å². The number of fused-ring (bicyclic) bond motifs is 3. The fourth-order valence-electron chi connectivity index (χ4n) is 5.06. The molecule has 2 saturated carbocycles. The number of carbonyl (C=O) groups is 2. The van der Waals surface area contributed by atoms with E-state index in [1.165, 1.54) is 0 Å². The van der Waals surface area contributed by atoms with Crippen molar-refractivity contribution in [3.63, 3.8) is 0 Å². The molecule has 0 aromatic heterocycles. The van der Waals surface area contributed by atoms with Crippen molar-refractivity contribution in [2.45, 2.75) is 62.6 Å². The first-order valence-electron chi connectivity index (χ1n) is 7.07. The Labute approximate surface area is 106 Å². The number of hydrogen-bond acceptors (Lipinski definition) is 4. The Morgan fingerprint density at radius 1 is 0.833 bits per heavy atom. The molecule has 0 aromatic carbocycles. The van der Waals surface area contributed by atoms with Crippen LogP contribution >= 0.6 is 0 Å². The summed E-state index contributed by atoms with van der Waals surface area (Å²) in [5, 5.41) is 0. The Morgan fingerprint density at radius 3 is 1.72 bits per heavy atom. The van der Waals surface area contributed by atoms with E-state index in [1.54, 1.807) is 0 Å². The zero-order valence-electron chi connectivity index (χ0n) is 10.4. The van der Waals surface area contributed by atoms with Gasteiger partial charge in [0.05, 0.1) is 0 Å². The molecule has 18 heavy (non-hydrogen) atoms. The summed E-state index contributed by atoms with van der Waals surface area (Å²) in [6.07, 6.45) is 6.90. The highest BCUT2D eigenvalue weighted by Gasteiger charge is 2.67. The molecule has 4 rings (SSSR count). The van der Waals surface area contributed by atoms with Gasteiger partial charge >= 0.3 is 11.9 Å². The van der Waals surface area contributed by atoms with Crippen molar-refractivity contribution in [1.29, 1.82) is 0 Å². The minimum absolute atomic E-state index is 0.0676. The molecule has 2 heterocycles. The predicted molar refractivity (Wildman–Crippen MR) is 61.6 cm³/mol. The van der Waals surface area contributed by atoms with Crippen LogP contribution in [0.2, 0.25) is 0 Å². The zero-order chi connectivity index (χ0) is 12.4. The molecule has 4 heteroatoms. The van der Waals surface area contributed by atoms with Crippen molar-refractivity contribution >= 4 is 11.9 Å². The molecule has 4 fully saturated rings. The predicted octanol–water partition coefficient (Wildman–Crippen LogP) is 1.96. The van der Waals surface area contributed by atoms with Crippen molar-refractivity contribution in [1.82, 2.24) is 0 Å². The van der Waals surface area contributed by atoms with E-state index in [4.69, 9.17) is 9.47 Å². The van der Waals surface area contributed by atoms with E-state index in [-0.39, 0.29) is 29.1 Å². The van der Waals surface area contributed by atoms with Gasteiger partial charge in [0, 0.05) is 18.8 Å². The van der Waals surface area contributed by atoms with Gasteiger partial charge in [-0.25, -0.2) is 0 Å². The number of carbonyl (C=O) groups excluding carboxylic acids is 2. The van der Waals surface area contributed by atoms with Gasteiger partial charge in [0.25, 0.3) is 0 Å². The van der Waals surface area contributed by atoms with Crippen LogP contribution in [0.3, 0.4) is 0 Å². The van der Waals surface area contributed by atoms with Crippen molar-refractivity contribution in [2.24, 2.45) is 11.8 Å². The van der Waals surface area contributed by atoms with Crippen molar-refractivity contribution in [2.75, 3.05) is 0 Å². The molecular weight excluding hydrogens is 232 g/mol. The molecule has 0 N–H and O–H groups in total. The maximum absolute atomic E-state index is 11.5. The Bertz CT molecular complexity index is 394. The number of hydrogen-bond donors (Lipinski definition) is 0. The monoisotopic (exact) mass is 250 g/mol. The first-order chi connectivity index (χ1) is 8.64. The quantitative estimate of drug-likeness (QED) is 0.617. The molecule has 2 saturated heterocycles. The van der Waals surface area contributed by atoms with E-state index in [9.17, 15) is 9.59 Å². The van der Waals surface area contributed by atoms with Gasteiger partial charge in [0.2, 0.25) is 0 Å². The van der Waals surface area contributed by atoms with Gasteiger partial charge < -0.3 is 9.47 Å². The lowest BCUT2D eigenvalue weighted by Gasteiger charge is -2.39. The average molecular weight is 250 g/mol.